The van der Waals surface area contributed by atoms with Gasteiger partial charge in [-0.25, -0.2) is 4.79 Å². The fraction of sp³-hybridized carbons (Fsp3) is 0.423. The van der Waals surface area contributed by atoms with E-state index in [0.29, 0.717) is 66.1 Å². The molecule has 0 saturated carbocycles. The number of amides is 4. The van der Waals surface area contributed by atoms with E-state index in [0.717, 1.165) is 5.56 Å². The molecule has 0 unspecified atom stereocenters. The van der Waals surface area contributed by atoms with E-state index in [9.17, 15) is 14.4 Å². The van der Waals surface area contributed by atoms with E-state index >= 15 is 0 Å². The molecule has 0 radical (unpaired) electrons. The van der Waals surface area contributed by atoms with E-state index in [1.165, 1.54) is 0 Å². The largest absolute Gasteiger partial charge is 0.351 e. The van der Waals surface area contributed by atoms with Crippen molar-refractivity contribution in [2.75, 3.05) is 33.2 Å². The van der Waals surface area contributed by atoms with Gasteiger partial charge in [-0.2, -0.15) is 0 Å². The molecule has 36 heavy (non-hydrogen) atoms. The van der Waals surface area contributed by atoms with Gasteiger partial charge >= 0.3 is 6.03 Å². The zero-order chi connectivity index (χ0) is 26.0. The lowest BCUT2D eigenvalue weighted by Gasteiger charge is -2.44. The number of hydrogen-bond acceptors (Lipinski definition) is 3. The fourth-order valence-electron chi connectivity index (χ4n) is 5.23. The maximum absolute atomic E-state index is 13.4. The minimum Gasteiger partial charge on any atom is -0.351 e. The van der Waals surface area contributed by atoms with Crippen molar-refractivity contribution in [2.45, 2.75) is 31.2 Å². The Bertz CT molecular complexity index is 1140. The van der Waals surface area contributed by atoms with E-state index in [1.54, 1.807) is 47.2 Å². The Kier molecular flexibility index (Phi) is 8.33. The topological polar surface area (TPSA) is 87.0 Å². The Labute approximate surface area is 226 Å². The third kappa shape index (κ3) is 5.74. The Hall–Kier alpha value is -2.48. The van der Waals surface area contributed by atoms with Gasteiger partial charge in [-0.05, 0) is 61.2 Å². The van der Waals surface area contributed by atoms with Crippen LogP contribution in [-0.2, 0) is 4.79 Å². The number of hydrogen-bond donors (Lipinski definition) is 1. The second kappa shape index (κ2) is 11.3. The predicted molar refractivity (Wildman–Crippen MR) is 142 cm³/mol. The molecule has 2 fully saturated rings. The molecular formula is C26H29Cl3N4O3. The lowest BCUT2D eigenvalue weighted by molar-refractivity contribution is -0.138. The van der Waals surface area contributed by atoms with E-state index in [1.807, 2.05) is 17.0 Å². The Balaban J connectivity index is 1.55. The van der Waals surface area contributed by atoms with Crippen LogP contribution in [-0.4, -0.2) is 71.8 Å². The number of nitrogens with zero attached hydrogens (tertiary/aromatic N) is 3. The number of nitrogens with two attached hydrogens (primary N) is 1. The molecule has 2 aromatic carbocycles. The molecule has 4 rings (SSSR count). The second-order valence-electron chi connectivity index (χ2n) is 9.44. The number of benzene rings is 2. The quantitative estimate of drug-likeness (QED) is 0.587. The van der Waals surface area contributed by atoms with Gasteiger partial charge < -0.3 is 20.4 Å². The van der Waals surface area contributed by atoms with Crippen molar-refractivity contribution in [1.82, 2.24) is 14.7 Å². The molecule has 4 amide bonds. The fourth-order valence-corrected chi connectivity index (χ4v) is 5.66. The van der Waals surface area contributed by atoms with E-state index < -0.39 is 6.03 Å². The summed E-state index contributed by atoms with van der Waals surface area (Å²) in [7, 11) is 1.79. The number of piperidine rings is 2. The molecule has 0 spiro atoms. The number of primary amides is 1. The summed E-state index contributed by atoms with van der Waals surface area (Å²) in [6, 6.07) is 11.7. The highest BCUT2D eigenvalue weighted by atomic mass is 35.5. The average Bonchev–Trinajstić information content (AvgIpc) is 2.89. The summed E-state index contributed by atoms with van der Waals surface area (Å²) in [6.07, 6.45) is 1.80. The molecule has 2 aliphatic rings. The summed E-state index contributed by atoms with van der Waals surface area (Å²) in [5, 5.41) is 1.45. The van der Waals surface area contributed by atoms with Crippen LogP contribution in [0.4, 0.5) is 4.79 Å². The second-order valence-corrected chi connectivity index (χ2v) is 10.7. The van der Waals surface area contributed by atoms with Crippen molar-refractivity contribution in [3.05, 3.63) is 68.7 Å². The minimum atomic E-state index is -0.449. The SMILES string of the molecule is CN(C(=O)c1ccc(Cl)cc1)[C@@H]1CCN(C(=O)C2CCN(C(N)=O)CC2)C[C@H]1c1ccc(Cl)c(Cl)c1. The van der Waals surface area contributed by atoms with E-state index in [2.05, 4.69) is 0 Å². The normalized spacial score (nSPS) is 20.8. The molecule has 2 heterocycles. The van der Waals surface area contributed by atoms with Crippen molar-refractivity contribution < 1.29 is 14.4 Å². The first-order valence-corrected chi connectivity index (χ1v) is 13.1. The smallest absolute Gasteiger partial charge is 0.314 e. The first-order chi connectivity index (χ1) is 17.2. The van der Waals surface area contributed by atoms with E-state index in [-0.39, 0.29) is 29.7 Å². The predicted octanol–water partition coefficient (Wildman–Crippen LogP) is 4.89. The van der Waals surface area contributed by atoms with Crippen LogP contribution in [0.5, 0.6) is 0 Å². The van der Waals surface area contributed by atoms with Gasteiger partial charge in [0.2, 0.25) is 5.91 Å². The first-order valence-electron chi connectivity index (χ1n) is 12.0. The van der Waals surface area contributed by atoms with Crippen LogP contribution in [0.15, 0.2) is 42.5 Å². The molecule has 10 heteroatoms. The highest BCUT2D eigenvalue weighted by Gasteiger charge is 2.39. The highest BCUT2D eigenvalue weighted by molar-refractivity contribution is 6.42. The Morgan fingerprint density at radius 1 is 0.889 bits per heavy atom. The maximum Gasteiger partial charge on any atom is 0.314 e. The number of carbonyl (C=O) groups excluding carboxylic acids is 3. The summed E-state index contributed by atoms with van der Waals surface area (Å²) in [4.78, 5) is 43.4. The lowest BCUT2D eigenvalue weighted by atomic mass is 9.83. The van der Waals surface area contributed by atoms with Crippen LogP contribution >= 0.6 is 34.8 Å². The third-order valence-electron chi connectivity index (χ3n) is 7.32. The zero-order valence-corrected chi connectivity index (χ0v) is 22.3. The van der Waals surface area contributed by atoms with Crippen LogP contribution in [0.1, 0.15) is 41.1 Å². The number of likely N-dealkylation sites (N-methyl/N-ethyl adjacent to an activating group) is 1. The molecule has 192 valence electrons. The standard InChI is InChI=1S/C26H29Cl3N4O3/c1-31(24(34)16-2-5-19(27)6-3-16)23-10-13-33(15-20(23)18-4-7-21(28)22(29)14-18)25(35)17-8-11-32(12-9-17)26(30)36/h2-7,14,17,20,23H,8-13,15H2,1H3,(H2,30,36)/t20-,23+/m0/s1. The first kappa shape index (κ1) is 26.6. The minimum absolute atomic E-state index is 0.0781. The van der Waals surface area contributed by atoms with Gasteiger partial charge in [-0.3, -0.25) is 9.59 Å². The van der Waals surface area contributed by atoms with Crippen LogP contribution < -0.4 is 5.73 Å². The number of urea groups is 1. The Morgan fingerprint density at radius 3 is 2.14 bits per heavy atom. The molecular weight excluding hydrogens is 523 g/mol. The summed E-state index contributed by atoms with van der Waals surface area (Å²) < 4.78 is 0. The molecule has 2 saturated heterocycles. The van der Waals surface area contributed by atoms with Crippen LogP contribution in [0.2, 0.25) is 15.1 Å². The van der Waals surface area contributed by atoms with Crippen LogP contribution in [0.3, 0.4) is 0 Å². The highest BCUT2D eigenvalue weighted by Crippen LogP contribution is 2.35. The summed E-state index contributed by atoms with van der Waals surface area (Å²) in [5.41, 5.74) is 6.86. The van der Waals surface area contributed by atoms with Gasteiger partial charge in [0.25, 0.3) is 5.91 Å². The molecule has 2 aliphatic heterocycles. The van der Waals surface area contributed by atoms with Gasteiger partial charge in [0, 0.05) is 61.7 Å². The van der Waals surface area contributed by atoms with Crippen LogP contribution in [0.25, 0.3) is 0 Å². The van der Waals surface area contributed by atoms with Gasteiger partial charge in [-0.1, -0.05) is 40.9 Å². The van der Waals surface area contributed by atoms with Gasteiger partial charge in [-0.15, -0.1) is 0 Å². The van der Waals surface area contributed by atoms with Crippen molar-refractivity contribution in [2.24, 2.45) is 11.7 Å². The molecule has 0 bridgehead atoms. The van der Waals surface area contributed by atoms with Gasteiger partial charge in [0.1, 0.15) is 0 Å². The van der Waals surface area contributed by atoms with Crippen LogP contribution in [0, 0.1) is 5.92 Å². The molecule has 2 aromatic rings. The molecule has 7 nitrogen and oxygen atoms in total. The monoisotopic (exact) mass is 550 g/mol. The number of halogens is 3. The summed E-state index contributed by atoms with van der Waals surface area (Å²) in [5.74, 6) is -0.334. The molecule has 0 aliphatic carbocycles. The number of rotatable bonds is 4. The maximum atomic E-state index is 13.4. The Morgan fingerprint density at radius 2 is 1.53 bits per heavy atom. The average molecular weight is 552 g/mol. The molecule has 2 N–H and O–H groups in total. The molecule has 0 aromatic heterocycles. The lowest BCUT2D eigenvalue weighted by Crippen LogP contribution is -2.54. The number of likely N-dealkylation sites (tertiary alicyclic amines) is 2. The van der Waals surface area contributed by atoms with Crippen molar-refractivity contribution in [3.8, 4) is 0 Å². The summed E-state index contributed by atoms with van der Waals surface area (Å²) in [6.45, 7) is 1.96. The van der Waals surface area contributed by atoms with Crippen molar-refractivity contribution in [1.29, 1.82) is 0 Å². The van der Waals surface area contributed by atoms with Gasteiger partial charge in [0.05, 0.1) is 10.0 Å². The number of carbonyl (C=O) groups is 3. The van der Waals surface area contributed by atoms with Crippen molar-refractivity contribution in [3.63, 3.8) is 0 Å². The zero-order valence-electron chi connectivity index (χ0n) is 20.0. The van der Waals surface area contributed by atoms with Gasteiger partial charge in [0.15, 0.2) is 0 Å². The van der Waals surface area contributed by atoms with Crippen molar-refractivity contribution >= 4 is 52.6 Å². The van der Waals surface area contributed by atoms with E-state index in [4.69, 9.17) is 40.5 Å². The third-order valence-corrected chi connectivity index (χ3v) is 8.32. The summed E-state index contributed by atoms with van der Waals surface area (Å²) >= 11 is 18.5. The molecule has 2 atom stereocenters.